The van der Waals surface area contributed by atoms with E-state index in [1.807, 2.05) is 60.7 Å². The number of hydrogen-bond donors (Lipinski definition) is 0. The van der Waals surface area contributed by atoms with Crippen LogP contribution in [-0.4, -0.2) is 25.2 Å². The highest BCUT2D eigenvalue weighted by Crippen LogP contribution is 2.38. The van der Waals surface area contributed by atoms with Gasteiger partial charge in [-0.15, -0.1) is 0 Å². The van der Waals surface area contributed by atoms with Crippen molar-refractivity contribution in [2.24, 2.45) is 0 Å². The van der Waals surface area contributed by atoms with E-state index in [9.17, 15) is 9.59 Å². The maximum atomic E-state index is 12.2. The molecule has 4 nitrogen and oxygen atoms in total. The molecule has 0 fully saturated rings. The van der Waals surface area contributed by atoms with Crippen LogP contribution >= 0.6 is 0 Å². The monoisotopic (exact) mass is 354 g/mol. The average Bonchev–Trinajstić information content (AvgIpc) is 2.66. The van der Waals surface area contributed by atoms with Crippen LogP contribution in [0.5, 0.6) is 0 Å². The molecule has 0 N–H and O–H groups in total. The van der Waals surface area contributed by atoms with Gasteiger partial charge in [0.15, 0.2) is 0 Å². The van der Waals surface area contributed by atoms with Gasteiger partial charge in [0.2, 0.25) is 0 Å². The molecule has 2 aromatic rings. The second kappa shape index (κ2) is 10.4. The van der Waals surface area contributed by atoms with Crippen LogP contribution in [0.4, 0.5) is 0 Å². The van der Waals surface area contributed by atoms with Crippen molar-refractivity contribution in [2.75, 3.05) is 13.2 Å². The third kappa shape index (κ3) is 5.73. The van der Waals surface area contributed by atoms with Crippen LogP contribution in [0, 0.1) is 0 Å². The molecule has 4 heteroatoms. The second-order valence-corrected chi connectivity index (χ2v) is 6.05. The summed E-state index contributed by atoms with van der Waals surface area (Å²) in [5.41, 5.74) is 2.03. The molecule has 2 aromatic carbocycles. The van der Waals surface area contributed by atoms with E-state index in [0.717, 1.165) is 11.1 Å². The molecule has 0 radical (unpaired) electrons. The van der Waals surface area contributed by atoms with Crippen LogP contribution in [0.15, 0.2) is 60.7 Å². The minimum atomic E-state index is -0.258. The molecule has 0 aliphatic rings. The number of carbonyl (C=O) groups is 2. The summed E-state index contributed by atoms with van der Waals surface area (Å²) in [6.07, 6.45) is 0.438. The zero-order chi connectivity index (χ0) is 18.8. The predicted molar refractivity (Wildman–Crippen MR) is 101 cm³/mol. The fraction of sp³-hybridized carbons (Fsp3) is 0.364. The normalized spacial score (nSPS) is 12.8. The number of hydrogen-bond acceptors (Lipinski definition) is 4. The van der Waals surface area contributed by atoms with E-state index in [0.29, 0.717) is 13.2 Å². The van der Waals surface area contributed by atoms with Crippen molar-refractivity contribution in [3.8, 4) is 0 Å². The van der Waals surface area contributed by atoms with Crippen LogP contribution in [-0.2, 0) is 19.1 Å². The summed E-state index contributed by atoms with van der Waals surface area (Å²) in [4.78, 5) is 24.5. The average molecular weight is 354 g/mol. The molecule has 0 aliphatic carbocycles. The Kier molecular flexibility index (Phi) is 7.87. The summed E-state index contributed by atoms with van der Waals surface area (Å²) in [7, 11) is 0. The van der Waals surface area contributed by atoms with Gasteiger partial charge < -0.3 is 9.47 Å². The van der Waals surface area contributed by atoms with Gasteiger partial charge in [-0.2, -0.15) is 0 Å². The Morgan fingerprint density at radius 2 is 1.04 bits per heavy atom. The fourth-order valence-electron chi connectivity index (χ4n) is 3.18. The van der Waals surface area contributed by atoms with Crippen molar-refractivity contribution in [1.29, 1.82) is 0 Å². The topological polar surface area (TPSA) is 52.6 Å². The fourth-order valence-corrected chi connectivity index (χ4v) is 3.18. The molecule has 2 atom stereocenters. The molecule has 138 valence electrons. The van der Waals surface area contributed by atoms with Crippen LogP contribution in [0.25, 0.3) is 0 Å². The highest BCUT2D eigenvalue weighted by atomic mass is 16.5. The third-order valence-electron chi connectivity index (χ3n) is 4.32. The smallest absolute Gasteiger partial charge is 0.306 e. The number of ether oxygens (including phenoxy) is 2. The van der Waals surface area contributed by atoms with E-state index < -0.39 is 0 Å². The minimum absolute atomic E-state index is 0.165. The summed E-state index contributed by atoms with van der Waals surface area (Å²) in [5.74, 6) is -0.846. The van der Waals surface area contributed by atoms with Gasteiger partial charge in [0.1, 0.15) is 0 Å². The first kappa shape index (κ1) is 19.7. The summed E-state index contributed by atoms with van der Waals surface area (Å²) in [6, 6.07) is 19.6. The first-order valence-corrected chi connectivity index (χ1v) is 9.06. The molecule has 0 bridgehead atoms. The Labute approximate surface area is 155 Å². The Bertz CT molecular complexity index is 620. The van der Waals surface area contributed by atoms with Crippen LogP contribution in [0.2, 0.25) is 0 Å². The van der Waals surface area contributed by atoms with Gasteiger partial charge in [-0.3, -0.25) is 9.59 Å². The van der Waals surface area contributed by atoms with Crippen LogP contribution in [0.1, 0.15) is 49.7 Å². The van der Waals surface area contributed by atoms with Crippen LogP contribution < -0.4 is 0 Å². The number of rotatable bonds is 9. The van der Waals surface area contributed by atoms with Crippen molar-refractivity contribution >= 4 is 11.9 Å². The van der Waals surface area contributed by atoms with Gasteiger partial charge >= 0.3 is 11.9 Å². The molecule has 2 rings (SSSR count). The zero-order valence-corrected chi connectivity index (χ0v) is 15.4. The van der Waals surface area contributed by atoms with E-state index in [-0.39, 0.29) is 36.6 Å². The van der Waals surface area contributed by atoms with Gasteiger partial charge in [-0.25, -0.2) is 0 Å². The summed E-state index contributed by atoms with van der Waals surface area (Å²) >= 11 is 0. The van der Waals surface area contributed by atoms with E-state index in [4.69, 9.17) is 9.47 Å². The van der Waals surface area contributed by atoms with Crippen molar-refractivity contribution in [2.45, 2.75) is 38.5 Å². The Hall–Kier alpha value is -2.62. The summed E-state index contributed by atoms with van der Waals surface area (Å²) < 4.78 is 10.4. The molecular weight excluding hydrogens is 328 g/mol. The standard InChI is InChI=1S/C22H26O4/c1-3-25-21(23)15-19(17-11-7-5-8-12-17)20(16-22(24)26-4-2)18-13-9-6-10-14-18/h5-14,19-20H,3-4,15-16H2,1-2H3/t19-,20-/m1/s1. The SMILES string of the molecule is CCOC(=O)C[C@H](c1ccccc1)[C@H](CC(=O)OCC)c1ccccc1. The molecule has 0 saturated heterocycles. The molecule has 0 heterocycles. The van der Waals surface area contributed by atoms with Crippen LogP contribution in [0.3, 0.4) is 0 Å². The lowest BCUT2D eigenvalue weighted by Gasteiger charge is -2.27. The van der Waals surface area contributed by atoms with E-state index in [1.54, 1.807) is 13.8 Å². The molecule has 26 heavy (non-hydrogen) atoms. The van der Waals surface area contributed by atoms with Crippen molar-refractivity contribution in [3.63, 3.8) is 0 Å². The minimum Gasteiger partial charge on any atom is -0.466 e. The number of benzene rings is 2. The Balaban J connectivity index is 2.39. The van der Waals surface area contributed by atoms with Crippen molar-refractivity contribution in [3.05, 3.63) is 71.8 Å². The first-order valence-electron chi connectivity index (χ1n) is 9.06. The molecule has 0 aliphatic heterocycles. The third-order valence-corrected chi connectivity index (χ3v) is 4.32. The molecule has 0 unspecified atom stereocenters. The van der Waals surface area contributed by atoms with E-state index >= 15 is 0 Å². The maximum Gasteiger partial charge on any atom is 0.306 e. The Morgan fingerprint density at radius 1 is 0.692 bits per heavy atom. The van der Waals surface area contributed by atoms with E-state index in [1.165, 1.54) is 0 Å². The van der Waals surface area contributed by atoms with Crippen molar-refractivity contribution in [1.82, 2.24) is 0 Å². The highest BCUT2D eigenvalue weighted by Gasteiger charge is 2.30. The summed E-state index contributed by atoms with van der Waals surface area (Å²) in [5, 5.41) is 0. The lowest BCUT2D eigenvalue weighted by molar-refractivity contribution is -0.146. The van der Waals surface area contributed by atoms with E-state index in [2.05, 4.69) is 0 Å². The second-order valence-electron chi connectivity index (χ2n) is 6.05. The molecule has 0 saturated carbocycles. The molecular formula is C22H26O4. The number of carbonyl (C=O) groups excluding carboxylic acids is 2. The molecule has 0 amide bonds. The lowest BCUT2D eigenvalue weighted by atomic mass is 9.77. The maximum absolute atomic E-state index is 12.2. The summed E-state index contributed by atoms with van der Waals surface area (Å²) in [6.45, 7) is 4.27. The predicted octanol–water partition coefficient (Wildman–Crippen LogP) is 4.46. The Morgan fingerprint density at radius 3 is 1.35 bits per heavy atom. The van der Waals surface area contributed by atoms with Gasteiger partial charge in [0.05, 0.1) is 26.1 Å². The zero-order valence-electron chi connectivity index (χ0n) is 15.4. The first-order chi connectivity index (χ1) is 12.7. The van der Waals surface area contributed by atoms with Gasteiger partial charge in [-0.1, -0.05) is 60.7 Å². The van der Waals surface area contributed by atoms with Gasteiger partial charge in [-0.05, 0) is 25.0 Å². The van der Waals surface area contributed by atoms with Gasteiger partial charge in [0, 0.05) is 11.8 Å². The molecule has 0 spiro atoms. The van der Waals surface area contributed by atoms with Crippen molar-refractivity contribution < 1.29 is 19.1 Å². The lowest BCUT2D eigenvalue weighted by Crippen LogP contribution is -2.21. The largest absolute Gasteiger partial charge is 0.466 e. The van der Waals surface area contributed by atoms with Gasteiger partial charge in [0.25, 0.3) is 0 Å². The highest BCUT2D eigenvalue weighted by molar-refractivity contribution is 5.73. The quantitative estimate of drug-likeness (QED) is 0.624. The number of esters is 2. The molecule has 0 aromatic heterocycles.